The van der Waals surface area contributed by atoms with Crippen LogP contribution < -0.4 is 16.0 Å². The number of hydrogen-bond acceptors (Lipinski definition) is 5. The average Bonchev–Trinajstić information content (AvgIpc) is 3.21. The van der Waals surface area contributed by atoms with Gasteiger partial charge in [-0.15, -0.1) is 0 Å². The van der Waals surface area contributed by atoms with Crippen molar-refractivity contribution in [2.45, 2.75) is 11.4 Å². The summed E-state index contributed by atoms with van der Waals surface area (Å²) >= 11 is 0. The zero-order chi connectivity index (χ0) is 20.5. The number of fused-ring (bicyclic) bond motifs is 1. The maximum Gasteiger partial charge on any atom is 0.337 e. The molecular formula is C20H18N4O4S. The highest BCUT2D eigenvalue weighted by molar-refractivity contribution is 7.84. The number of ether oxygens (including phenoxy) is 1. The van der Waals surface area contributed by atoms with Crippen LogP contribution in [0.4, 0.5) is 0 Å². The van der Waals surface area contributed by atoms with E-state index >= 15 is 0 Å². The highest BCUT2D eigenvalue weighted by atomic mass is 32.2. The molecule has 0 saturated carbocycles. The molecule has 0 aliphatic rings. The van der Waals surface area contributed by atoms with Crippen molar-refractivity contribution in [3.05, 3.63) is 81.3 Å². The van der Waals surface area contributed by atoms with Crippen LogP contribution >= 0.6 is 0 Å². The fourth-order valence-corrected chi connectivity index (χ4v) is 3.93. The monoisotopic (exact) mass is 410 g/mol. The lowest BCUT2D eigenvalue weighted by atomic mass is 10.2. The number of H-pyrrole nitrogens is 1. The van der Waals surface area contributed by atoms with Crippen LogP contribution in [0, 0.1) is 0 Å². The zero-order valence-corrected chi connectivity index (χ0v) is 16.6. The molecule has 0 aliphatic heterocycles. The Balaban J connectivity index is 1.97. The molecule has 29 heavy (non-hydrogen) atoms. The molecule has 2 aromatic carbocycles. The second kappa shape index (κ2) is 7.51. The van der Waals surface area contributed by atoms with Gasteiger partial charge in [-0.1, -0.05) is 24.3 Å². The lowest BCUT2D eigenvalue weighted by molar-refractivity contribution is 0.414. The SMILES string of the molecule is COc1ccc(Cn2c(=O)c3[nH]cnc3n(-c3ccccc3S(C)=O)c2=O)cc1. The number of aromatic nitrogens is 4. The van der Waals surface area contributed by atoms with E-state index in [2.05, 4.69) is 9.97 Å². The van der Waals surface area contributed by atoms with Crippen LogP contribution in [0.5, 0.6) is 5.75 Å². The van der Waals surface area contributed by atoms with Gasteiger partial charge in [-0.3, -0.25) is 13.6 Å². The first-order valence-electron chi connectivity index (χ1n) is 8.76. The van der Waals surface area contributed by atoms with Crippen molar-refractivity contribution < 1.29 is 8.95 Å². The first kappa shape index (κ1) is 18.9. The molecule has 4 rings (SSSR count). The summed E-state index contributed by atoms with van der Waals surface area (Å²) in [6, 6.07) is 14.0. The molecular weight excluding hydrogens is 392 g/mol. The van der Waals surface area contributed by atoms with Crippen molar-refractivity contribution in [3.63, 3.8) is 0 Å². The minimum atomic E-state index is -1.33. The molecule has 0 radical (unpaired) electrons. The topological polar surface area (TPSA) is 99.0 Å². The molecule has 0 bridgehead atoms. The molecule has 2 heterocycles. The summed E-state index contributed by atoms with van der Waals surface area (Å²) in [7, 11) is 0.236. The third kappa shape index (κ3) is 3.29. The van der Waals surface area contributed by atoms with Crippen molar-refractivity contribution >= 4 is 22.0 Å². The van der Waals surface area contributed by atoms with Gasteiger partial charge in [0.1, 0.15) is 11.3 Å². The molecule has 148 valence electrons. The minimum absolute atomic E-state index is 0.0774. The Bertz CT molecular complexity index is 1340. The molecule has 1 N–H and O–H groups in total. The fourth-order valence-electron chi connectivity index (χ4n) is 3.20. The number of imidazole rings is 1. The molecule has 0 aliphatic carbocycles. The first-order chi connectivity index (χ1) is 14.0. The van der Waals surface area contributed by atoms with E-state index in [1.165, 1.54) is 10.9 Å². The summed E-state index contributed by atoms with van der Waals surface area (Å²) in [6.07, 6.45) is 2.91. The van der Waals surface area contributed by atoms with Crippen LogP contribution in [-0.2, 0) is 17.3 Å². The number of hydrogen-bond donors (Lipinski definition) is 1. The lowest BCUT2D eigenvalue weighted by Crippen LogP contribution is -2.40. The summed E-state index contributed by atoms with van der Waals surface area (Å²) < 4.78 is 19.8. The summed E-state index contributed by atoms with van der Waals surface area (Å²) in [5.41, 5.74) is 0.577. The molecule has 1 atom stereocenters. The van der Waals surface area contributed by atoms with Crippen molar-refractivity contribution in [2.24, 2.45) is 0 Å². The van der Waals surface area contributed by atoms with Crippen molar-refractivity contribution in [1.82, 2.24) is 19.1 Å². The lowest BCUT2D eigenvalue weighted by Gasteiger charge is -2.14. The van der Waals surface area contributed by atoms with E-state index in [0.717, 1.165) is 10.1 Å². The van der Waals surface area contributed by atoms with E-state index in [1.807, 2.05) is 0 Å². The molecule has 1 unspecified atom stereocenters. The molecule has 9 heteroatoms. The van der Waals surface area contributed by atoms with Crippen LogP contribution in [0.3, 0.4) is 0 Å². The van der Waals surface area contributed by atoms with Gasteiger partial charge in [-0.25, -0.2) is 14.3 Å². The number of para-hydroxylation sites is 1. The largest absolute Gasteiger partial charge is 0.497 e. The van der Waals surface area contributed by atoms with E-state index in [-0.39, 0.29) is 17.7 Å². The minimum Gasteiger partial charge on any atom is -0.497 e. The summed E-state index contributed by atoms with van der Waals surface area (Å²) in [5.74, 6) is 0.682. The van der Waals surface area contributed by atoms with Gasteiger partial charge in [-0.05, 0) is 29.8 Å². The number of methoxy groups -OCH3 is 1. The van der Waals surface area contributed by atoms with Gasteiger partial charge in [0.05, 0.1) is 41.4 Å². The van der Waals surface area contributed by atoms with Gasteiger partial charge in [0.15, 0.2) is 5.65 Å². The third-order valence-corrected chi connectivity index (χ3v) is 5.59. The van der Waals surface area contributed by atoms with Crippen LogP contribution in [0.15, 0.2) is 69.3 Å². The van der Waals surface area contributed by atoms with Crippen LogP contribution in [-0.4, -0.2) is 36.7 Å². The number of aromatic amines is 1. The number of rotatable bonds is 5. The molecule has 4 aromatic rings. The van der Waals surface area contributed by atoms with Crippen molar-refractivity contribution in [2.75, 3.05) is 13.4 Å². The van der Waals surface area contributed by atoms with Gasteiger partial charge < -0.3 is 9.72 Å². The molecule has 8 nitrogen and oxygen atoms in total. The Morgan fingerprint density at radius 2 is 1.83 bits per heavy atom. The van der Waals surface area contributed by atoms with Gasteiger partial charge in [0, 0.05) is 6.26 Å². The summed E-state index contributed by atoms with van der Waals surface area (Å²) in [4.78, 5) is 33.8. The van der Waals surface area contributed by atoms with E-state index in [9.17, 15) is 13.8 Å². The van der Waals surface area contributed by atoms with E-state index in [4.69, 9.17) is 4.74 Å². The number of nitrogens with zero attached hydrogens (tertiary/aromatic N) is 3. The van der Waals surface area contributed by atoms with Gasteiger partial charge >= 0.3 is 5.69 Å². The Hall–Kier alpha value is -3.46. The first-order valence-corrected chi connectivity index (χ1v) is 10.3. The predicted octanol–water partition coefficient (Wildman–Crippen LogP) is 1.67. The number of nitrogens with one attached hydrogen (secondary N) is 1. The fraction of sp³-hybridized carbons (Fsp3) is 0.150. The Kier molecular flexibility index (Phi) is 4.89. The quantitative estimate of drug-likeness (QED) is 0.540. The zero-order valence-electron chi connectivity index (χ0n) is 15.8. The highest BCUT2D eigenvalue weighted by Crippen LogP contribution is 2.19. The Morgan fingerprint density at radius 3 is 2.52 bits per heavy atom. The second-order valence-electron chi connectivity index (χ2n) is 6.38. The average molecular weight is 410 g/mol. The highest BCUT2D eigenvalue weighted by Gasteiger charge is 2.19. The van der Waals surface area contributed by atoms with E-state index in [1.54, 1.807) is 61.9 Å². The van der Waals surface area contributed by atoms with E-state index < -0.39 is 22.0 Å². The summed E-state index contributed by atoms with van der Waals surface area (Å²) in [6.45, 7) is 0.0774. The second-order valence-corrected chi connectivity index (χ2v) is 7.73. The number of benzene rings is 2. The standard InChI is InChI=1S/C20H18N4O4S/c1-28-14-9-7-13(8-10-14)11-23-19(25)17-18(22-12-21-17)24(20(23)26)15-5-3-4-6-16(15)29(2)27/h3-10,12H,11H2,1-2H3,(H,21,22). The molecule has 0 saturated heterocycles. The predicted molar refractivity (Wildman–Crippen MR) is 110 cm³/mol. The van der Waals surface area contributed by atoms with Crippen LogP contribution in [0.1, 0.15) is 5.56 Å². The third-order valence-electron chi connectivity index (χ3n) is 4.63. The smallest absolute Gasteiger partial charge is 0.337 e. The van der Waals surface area contributed by atoms with Crippen LogP contribution in [0.2, 0.25) is 0 Å². The molecule has 0 fully saturated rings. The van der Waals surface area contributed by atoms with Gasteiger partial charge in [0.25, 0.3) is 5.56 Å². The normalized spacial score (nSPS) is 12.2. The van der Waals surface area contributed by atoms with Gasteiger partial charge in [0.2, 0.25) is 0 Å². The van der Waals surface area contributed by atoms with Crippen molar-refractivity contribution in [3.8, 4) is 11.4 Å². The maximum absolute atomic E-state index is 13.4. The van der Waals surface area contributed by atoms with Crippen molar-refractivity contribution in [1.29, 1.82) is 0 Å². The van der Waals surface area contributed by atoms with E-state index in [0.29, 0.717) is 16.3 Å². The molecule has 0 spiro atoms. The Labute approximate surface area is 167 Å². The van der Waals surface area contributed by atoms with Gasteiger partial charge in [-0.2, -0.15) is 0 Å². The molecule has 0 amide bonds. The van der Waals surface area contributed by atoms with Crippen LogP contribution in [0.25, 0.3) is 16.9 Å². The Morgan fingerprint density at radius 1 is 1.10 bits per heavy atom. The molecule has 2 aromatic heterocycles. The summed E-state index contributed by atoms with van der Waals surface area (Å²) in [5, 5.41) is 0. The maximum atomic E-state index is 13.4.